The number of hydrogen-bond donors (Lipinski definition) is 3. The van der Waals surface area contributed by atoms with E-state index in [9.17, 15) is 9.90 Å². The molecule has 3 aliphatic rings. The van der Waals surface area contributed by atoms with Gasteiger partial charge in [-0.1, -0.05) is 49.1 Å². The van der Waals surface area contributed by atoms with Crippen LogP contribution in [-0.2, 0) is 4.79 Å². The summed E-state index contributed by atoms with van der Waals surface area (Å²) in [5.74, 6) is -0.125. The summed E-state index contributed by atoms with van der Waals surface area (Å²) in [5.41, 5.74) is 2.24. The van der Waals surface area contributed by atoms with E-state index >= 15 is 0 Å². The first-order chi connectivity index (χ1) is 13.1. The highest BCUT2D eigenvalue weighted by atomic mass is 35.5. The number of benzene rings is 1. The van der Waals surface area contributed by atoms with Crippen molar-refractivity contribution in [2.24, 2.45) is 0 Å². The van der Waals surface area contributed by atoms with Crippen LogP contribution in [0.2, 0.25) is 5.02 Å². The van der Waals surface area contributed by atoms with E-state index in [0.717, 1.165) is 49.1 Å². The standard InChI is InChI=1S/C21H24ClN3O2/c22-16-8-6-7-15(13-16)18-17-9-2-5-12-25(17)19(23-18)20(27)24-21(14-26)10-3-1-4-11-21/h2,5-9,12-13,19,23,26H,1,3-4,10-11,14H2,(H,24,27). The van der Waals surface area contributed by atoms with Crippen LogP contribution >= 0.6 is 11.6 Å². The van der Waals surface area contributed by atoms with Crippen molar-refractivity contribution in [1.82, 2.24) is 15.5 Å². The molecule has 0 radical (unpaired) electrons. The van der Waals surface area contributed by atoms with Gasteiger partial charge in [0.05, 0.1) is 23.5 Å². The van der Waals surface area contributed by atoms with Gasteiger partial charge in [-0.3, -0.25) is 4.79 Å². The summed E-state index contributed by atoms with van der Waals surface area (Å²) < 4.78 is 0. The molecule has 1 aliphatic carbocycles. The van der Waals surface area contributed by atoms with E-state index in [0.29, 0.717) is 5.02 Å². The van der Waals surface area contributed by atoms with E-state index < -0.39 is 11.7 Å². The van der Waals surface area contributed by atoms with Crippen LogP contribution in [0.15, 0.2) is 54.4 Å². The molecule has 1 atom stereocenters. The van der Waals surface area contributed by atoms with Gasteiger partial charge in [-0.15, -0.1) is 0 Å². The fraction of sp³-hybridized carbons (Fsp3) is 0.381. The molecule has 5 nitrogen and oxygen atoms in total. The first kappa shape index (κ1) is 18.1. The molecule has 1 aromatic carbocycles. The summed E-state index contributed by atoms with van der Waals surface area (Å²) in [5, 5.41) is 17.1. The Hall–Kier alpha value is -2.24. The number of allylic oxidation sites excluding steroid dienone is 3. The molecule has 6 heteroatoms. The highest BCUT2D eigenvalue weighted by Crippen LogP contribution is 2.33. The van der Waals surface area contributed by atoms with Gasteiger partial charge in [0.25, 0.3) is 5.91 Å². The topological polar surface area (TPSA) is 64.6 Å². The SMILES string of the molecule is O=C(NC1(CO)CCCCC1)C1NC(c2cccc(Cl)c2)=C2C=CC=CN21. The smallest absolute Gasteiger partial charge is 0.264 e. The van der Waals surface area contributed by atoms with Crippen LogP contribution in [0, 0.1) is 0 Å². The monoisotopic (exact) mass is 385 g/mol. The van der Waals surface area contributed by atoms with E-state index in [2.05, 4.69) is 10.6 Å². The maximum Gasteiger partial charge on any atom is 0.264 e. The number of halogens is 1. The average Bonchev–Trinajstić information content (AvgIpc) is 3.09. The lowest BCUT2D eigenvalue weighted by Crippen LogP contribution is -2.58. The van der Waals surface area contributed by atoms with Crippen LogP contribution in [0.3, 0.4) is 0 Å². The highest BCUT2D eigenvalue weighted by Gasteiger charge is 2.40. The first-order valence-corrected chi connectivity index (χ1v) is 9.83. The predicted molar refractivity (Wildman–Crippen MR) is 106 cm³/mol. The Morgan fingerprint density at radius 3 is 2.85 bits per heavy atom. The third-order valence-corrected chi connectivity index (χ3v) is 5.80. The van der Waals surface area contributed by atoms with Gasteiger partial charge in [-0.25, -0.2) is 0 Å². The van der Waals surface area contributed by atoms with Crippen molar-refractivity contribution in [2.45, 2.75) is 43.8 Å². The number of amides is 1. The fourth-order valence-electron chi connectivity index (χ4n) is 4.12. The number of fused-ring (bicyclic) bond motifs is 1. The summed E-state index contributed by atoms with van der Waals surface area (Å²) >= 11 is 6.16. The zero-order chi connectivity index (χ0) is 18.9. The van der Waals surface area contributed by atoms with Gasteiger partial charge in [-0.2, -0.15) is 0 Å². The normalized spacial score (nSPS) is 23.2. The van der Waals surface area contributed by atoms with Crippen LogP contribution in [0.5, 0.6) is 0 Å². The Bertz CT molecular complexity index is 824. The average molecular weight is 386 g/mol. The fourth-order valence-corrected chi connectivity index (χ4v) is 4.31. The minimum atomic E-state index is -0.555. The summed E-state index contributed by atoms with van der Waals surface area (Å²) in [7, 11) is 0. The van der Waals surface area contributed by atoms with Crippen molar-refractivity contribution in [1.29, 1.82) is 0 Å². The molecule has 0 aromatic heterocycles. The quantitative estimate of drug-likeness (QED) is 0.745. The van der Waals surface area contributed by atoms with Crippen molar-refractivity contribution in [3.05, 3.63) is 65.0 Å². The highest BCUT2D eigenvalue weighted by molar-refractivity contribution is 6.30. The number of aliphatic hydroxyl groups excluding tert-OH is 1. The minimum Gasteiger partial charge on any atom is -0.394 e. The number of carbonyl (C=O) groups excluding carboxylic acids is 1. The molecule has 1 aromatic rings. The Kier molecular flexibility index (Phi) is 4.98. The van der Waals surface area contributed by atoms with Crippen molar-refractivity contribution in [3.63, 3.8) is 0 Å². The van der Waals surface area contributed by atoms with Crippen LogP contribution in [0.4, 0.5) is 0 Å². The molecule has 0 bridgehead atoms. The molecule has 1 amide bonds. The maximum atomic E-state index is 13.1. The van der Waals surface area contributed by atoms with E-state index in [1.165, 1.54) is 0 Å². The zero-order valence-corrected chi connectivity index (χ0v) is 15.9. The number of rotatable bonds is 4. The number of nitrogens with zero attached hydrogens (tertiary/aromatic N) is 1. The third-order valence-electron chi connectivity index (χ3n) is 5.57. The molecular formula is C21H24ClN3O2. The molecule has 0 saturated heterocycles. The molecule has 2 aliphatic heterocycles. The van der Waals surface area contributed by atoms with Gasteiger partial charge in [0.1, 0.15) is 0 Å². The molecule has 3 N–H and O–H groups in total. The zero-order valence-electron chi connectivity index (χ0n) is 15.1. The first-order valence-electron chi connectivity index (χ1n) is 9.45. The number of carbonyl (C=O) groups is 1. The van der Waals surface area contributed by atoms with Gasteiger partial charge in [0.15, 0.2) is 6.17 Å². The summed E-state index contributed by atoms with van der Waals surface area (Å²) in [6.07, 6.45) is 12.0. The van der Waals surface area contributed by atoms with Crippen LogP contribution in [-0.4, -0.2) is 34.2 Å². The van der Waals surface area contributed by atoms with E-state index in [1.54, 1.807) is 0 Å². The Morgan fingerprint density at radius 1 is 1.30 bits per heavy atom. The van der Waals surface area contributed by atoms with E-state index in [-0.39, 0.29) is 12.5 Å². The summed E-state index contributed by atoms with van der Waals surface area (Å²) in [6.45, 7) is -0.0252. The molecule has 2 heterocycles. The molecule has 27 heavy (non-hydrogen) atoms. The molecule has 4 rings (SSSR count). The van der Waals surface area contributed by atoms with Crippen molar-refractivity contribution in [3.8, 4) is 0 Å². The van der Waals surface area contributed by atoms with Gasteiger partial charge in [0.2, 0.25) is 0 Å². The van der Waals surface area contributed by atoms with E-state index in [4.69, 9.17) is 11.6 Å². The van der Waals surface area contributed by atoms with Crippen LogP contribution < -0.4 is 10.6 Å². The molecule has 0 spiro atoms. The molecular weight excluding hydrogens is 362 g/mol. The summed E-state index contributed by atoms with van der Waals surface area (Å²) in [4.78, 5) is 15.1. The van der Waals surface area contributed by atoms with Gasteiger partial charge < -0.3 is 20.6 Å². The van der Waals surface area contributed by atoms with Gasteiger partial charge in [-0.05, 0) is 37.1 Å². The Morgan fingerprint density at radius 2 is 2.11 bits per heavy atom. The van der Waals surface area contributed by atoms with Crippen molar-refractivity contribution >= 4 is 23.2 Å². The largest absolute Gasteiger partial charge is 0.394 e. The lowest BCUT2D eigenvalue weighted by Gasteiger charge is -2.38. The summed E-state index contributed by atoms with van der Waals surface area (Å²) in [6, 6.07) is 7.59. The lowest BCUT2D eigenvalue weighted by atomic mass is 9.82. The Labute approximate surface area is 164 Å². The van der Waals surface area contributed by atoms with Crippen LogP contribution in [0.25, 0.3) is 5.70 Å². The molecule has 1 fully saturated rings. The van der Waals surface area contributed by atoms with Crippen LogP contribution in [0.1, 0.15) is 37.7 Å². The second kappa shape index (κ2) is 7.41. The number of aliphatic hydroxyl groups is 1. The second-order valence-corrected chi connectivity index (χ2v) is 7.85. The molecule has 1 saturated carbocycles. The third kappa shape index (κ3) is 3.49. The molecule has 142 valence electrons. The lowest BCUT2D eigenvalue weighted by molar-refractivity contribution is -0.128. The van der Waals surface area contributed by atoms with E-state index in [1.807, 2.05) is 53.6 Å². The second-order valence-electron chi connectivity index (χ2n) is 7.41. The van der Waals surface area contributed by atoms with Crippen molar-refractivity contribution < 1.29 is 9.90 Å². The van der Waals surface area contributed by atoms with Gasteiger partial charge >= 0.3 is 0 Å². The number of nitrogens with one attached hydrogen (secondary N) is 2. The number of hydrogen-bond acceptors (Lipinski definition) is 4. The Balaban J connectivity index is 1.59. The maximum absolute atomic E-state index is 13.1. The van der Waals surface area contributed by atoms with Gasteiger partial charge in [0, 0.05) is 16.8 Å². The van der Waals surface area contributed by atoms with Crippen molar-refractivity contribution in [2.75, 3.05) is 6.61 Å². The molecule has 1 unspecified atom stereocenters. The predicted octanol–water partition coefficient (Wildman–Crippen LogP) is 3.13. The minimum absolute atomic E-state index is 0.0252.